The second kappa shape index (κ2) is 8.83. The van der Waals surface area contributed by atoms with Crippen molar-refractivity contribution in [1.29, 1.82) is 0 Å². The van der Waals surface area contributed by atoms with Gasteiger partial charge in [0.05, 0.1) is 37.6 Å². The van der Waals surface area contributed by atoms with Crippen molar-refractivity contribution in [2.45, 2.75) is 13.0 Å². The summed E-state index contributed by atoms with van der Waals surface area (Å²) < 4.78 is 21.9. The summed E-state index contributed by atoms with van der Waals surface area (Å²) in [6.07, 6.45) is 0.897. The number of benzene rings is 1. The molecule has 2 heterocycles. The molecule has 0 saturated carbocycles. The number of H-pyrrole nitrogens is 1. The number of methoxy groups -OCH3 is 1. The number of rotatable bonds is 7. The number of ether oxygens (including phenoxy) is 4. The van der Waals surface area contributed by atoms with Crippen molar-refractivity contribution in [1.82, 2.24) is 14.9 Å². The van der Waals surface area contributed by atoms with Crippen molar-refractivity contribution in [2.24, 2.45) is 0 Å². The van der Waals surface area contributed by atoms with E-state index in [2.05, 4.69) is 14.9 Å². The topological polar surface area (TPSA) is 103 Å². The molecule has 27 heavy (non-hydrogen) atoms. The molecule has 2 aromatic rings. The minimum atomic E-state index is -0.437. The van der Waals surface area contributed by atoms with Gasteiger partial charge < -0.3 is 23.9 Å². The molecule has 1 aromatic carbocycles. The number of hydrogen-bond donors (Lipinski definition) is 1. The molecule has 9 nitrogen and oxygen atoms in total. The van der Waals surface area contributed by atoms with Crippen LogP contribution in [0, 0.1) is 0 Å². The van der Waals surface area contributed by atoms with Crippen LogP contribution in [0.4, 0.5) is 0 Å². The van der Waals surface area contributed by atoms with Crippen LogP contribution in [-0.2, 0) is 14.3 Å². The van der Waals surface area contributed by atoms with Gasteiger partial charge in [0, 0.05) is 32.6 Å². The predicted octanol–water partition coefficient (Wildman–Crippen LogP) is 0.574. The molecule has 0 spiro atoms. The average Bonchev–Trinajstić information content (AvgIpc) is 2.66. The second-order valence-corrected chi connectivity index (χ2v) is 6.21. The van der Waals surface area contributed by atoms with Gasteiger partial charge in [0.15, 0.2) is 11.5 Å². The number of esters is 1. The summed E-state index contributed by atoms with van der Waals surface area (Å²) in [5.41, 5.74) is 0.238. The van der Waals surface area contributed by atoms with Crippen molar-refractivity contribution in [3.05, 3.63) is 28.8 Å². The van der Waals surface area contributed by atoms with E-state index in [4.69, 9.17) is 18.9 Å². The van der Waals surface area contributed by atoms with Crippen molar-refractivity contribution in [3.63, 3.8) is 0 Å². The Labute approximate surface area is 156 Å². The predicted molar refractivity (Wildman–Crippen MR) is 97.2 cm³/mol. The van der Waals surface area contributed by atoms with Gasteiger partial charge in [0.2, 0.25) is 0 Å². The van der Waals surface area contributed by atoms with Crippen LogP contribution in [0.15, 0.2) is 23.3 Å². The lowest BCUT2D eigenvalue weighted by Gasteiger charge is -2.30. The number of aromatic amines is 1. The molecule has 1 aliphatic heterocycles. The van der Waals surface area contributed by atoms with Gasteiger partial charge in [-0.3, -0.25) is 14.5 Å². The molecule has 1 N–H and O–H groups in total. The van der Waals surface area contributed by atoms with Crippen LogP contribution >= 0.6 is 0 Å². The molecule has 146 valence electrons. The Kier molecular flexibility index (Phi) is 6.25. The van der Waals surface area contributed by atoms with Crippen LogP contribution in [0.1, 0.15) is 6.92 Å². The molecule has 1 aromatic heterocycles. The number of carbonyl (C=O) groups excluding carboxylic acids is 1. The van der Waals surface area contributed by atoms with Gasteiger partial charge in [0.1, 0.15) is 12.7 Å². The fraction of sp³-hybridized carbons (Fsp3) is 0.500. The number of aromatic nitrogens is 2. The van der Waals surface area contributed by atoms with Crippen LogP contribution in [0.5, 0.6) is 11.5 Å². The fourth-order valence-corrected chi connectivity index (χ4v) is 2.96. The van der Waals surface area contributed by atoms with E-state index in [1.807, 2.05) is 0 Å². The lowest BCUT2D eigenvalue weighted by molar-refractivity contribution is -0.149. The van der Waals surface area contributed by atoms with E-state index in [0.29, 0.717) is 42.2 Å². The summed E-state index contributed by atoms with van der Waals surface area (Å²) in [7, 11) is 1.50. The average molecular weight is 377 g/mol. The second-order valence-electron chi connectivity index (χ2n) is 6.21. The van der Waals surface area contributed by atoms with Gasteiger partial charge in [-0.25, -0.2) is 4.98 Å². The number of morpholine rings is 1. The van der Waals surface area contributed by atoms with E-state index in [0.717, 1.165) is 13.1 Å². The third-order valence-corrected chi connectivity index (χ3v) is 4.25. The number of nitrogens with one attached hydrogen (secondary N) is 1. The number of carbonyl (C=O) groups is 1. The molecule has 0 amide bonds. The maximum atomic E-state index is 11.9. The highest BCUT2D eigenvalue weighted by Crippen LogP contribution is 2.30. The van der Waals surface area contributed by atoms with E-state index < -0.39 is 6.10 Å². The van der Waals surface area contributed by atoms with Crippen molar-refractivity contribution < 1.29 is 23.7 Å². The first-order chi connectivity index (χ1) is 13.1. The highest BCUT2D eigenvalue weighted by atomic mass is 16.6. The summed E-state index contributed by atoms with van der Waals surface area (Å²) in [6.45, 7) is 4.96. The molecule has 0 unspecified atom stereocenters. The maximum absolute atomic E-state index is 11.9. The smallest absolute Gasteiger partial charge is 0.303 e. The van der Waals surface area contributed by atoms with Crippen molar-refractivity contribution >= 4 is 16.9 Å². The molecule has 1 fully saturated rings. The van der Waals surface area contributed by atoms with Gasteiger partial charge in [0.25, 0.3) is 5.56 Å². The van der Waals surface area contributed by atoms with E-state index >= 15 is 0 Å². The Hall–Kier alpha value is -2.65. The summed E-state index contributed by atoms with van der Waals surface area (Å²) in [5.74, 6) is 0.478. The third kappa shape index (κ3) is 4.95. The summed E-state index contributed by atoms with van der Waals surface area (Å²) in [4.78, 5) is 32.2. The van der Waals surface area contributed by atoms with Gasteiger partial charge in [-0.15, -0.1) is 0 Å². The minimum absolute atomic E-state index is 0.155. The zero-order valence-corrected chi connectivity index (χ0v) is 15.4. The first-order valence-corrected chi connectivity index (χ1v) is 8.72. The normalized spacial score (nSPS) is 16.1. The van der Waals surface area contributed by atoms with E-state index in [1.54, 1.807) is 12.1 Å². The molecule has 1 aliphatic rings. The number of fused-ring (bicyclic) bond motifs is 1. The van der Waals surface area contributed by atoms with Crippen LogP contribution in [0.3, 0.4) is 0 Å². The van der Waals surface area contributed by atoms with Gasteiger partial charge in [-0.2, -0.15) is 0 Å². The van der Waals surface area contributed by atoms with Crippen LogP contribution in [0.25, 0.3) is 10.9 Å². The largest absolute Gasteiger partial charge is 0.493 e. The van der Waals surface area contributed by atoms with Crippen LogP contribution in [0.2, 0.25) is 0 Å². The monoisotopic (exact) mass is 377 g/mol. The molecular weight excluding hydrogens is 354 g/mol. The first-order valence-electron chi connectivity index (χ1n) is 8.72. The molecular formula is C18H23N3O6. The standard InChI is InChI=1S/C18H23N3O6/c1-12(22)27-13(9-21-3-5-25-6-4-21)10-26-17-8-15-14(7-16(17)24-2)18(23)20-11-19-15/h7-8,11,13H,3-6,9-10H2,1-2H3,(H,19,20,23)/t13-/m1/s1. The molecule has 9 heteroatoms. The van der Waals surface area contributed by atoms with E-state index in [1.165, 1.54) is 20.4 Å². The van der Waals surface area contributed by atoms with Crippen molar-refractivity contribution in [2.75, 3.05) is 46.6 Å². The third-order valence-electron chi connectivity index (χ3n) is 4.25. The maximum Gasteiger partial charge on any atom is 0.303 e. The molecule has 0 bridgehead atoms. The summed E-state index contributed by atoms with van der Waals surface area (Å²) in [5, 5.41) is 0.409. The zero-order valence-electron chi connectivity index (χ0n) is 15.4. The summed E-state index contributed by atoms with van der Waals surface area (Å²) in [6, 6.07) is 3.22. The number of nitrogens with zero attached hydrogens (tertiary/aromatic N) is 2. The molecule has 1 saturated heterocycles. The van der Waals surface area contributed by atoms with Crippen LogP contribution < -0.4 is 15.0 Å². The Morgan fingerprint density at radius 3 is 2.81 bits per heavy atom. The minimum Gasteiger partial charge on any atom is -0.493 e. The highest BCUT2D eigenvalue weighted by Gasteiger charge is 2.21. The van der Waals surface area contributed by atoms with Gasteiger partial charge in [-0.05, 0) is 6.07 Å². The molecule has 0 aliphatic carbocycles. The lowest BCUT2D eigenvalue weighted by Crippen LogP contribution is -2.43. The first kappa shape index (κ1) is 19.1. The van der Waals surface area contributed by atoms with E-state index in [9.17, 15) is 9.59 Å². The fourth-order valence-electron chi connectivity index (χ4n) is 2.96. The Balaban J connectivity index is 1.75. The lowest BCUT2D eigenvalue weighted by atomic mass is 10.2. The van der Waals surface area contributed by atoms with Gasteiger partial charge in [-0.1, -0.05) is 0 Å². The highest BCUT2D eigenvalue weighted by molar-refractivity contribution is 5.81. The van der Waals surface area contributed by atoms with Crippen molar-refractivity contribution in [3.8, 4) is 11.5 Å². The number of hydrogen-bond acceptors (Lipinski definition) is 8. The quantitative estimate of drug-likeness (QED) is 0.699. The zero-order chi connectivity index (χ0) is 19.2. The summed E-state index contributed by atoms with van der Waals surface area (Å²) >= 11 is 0. The Morgan fingerprint density at radius 2 is 2.11 bits per heavy atom. The Bertz CT molecular complexity index is 847. The molecule has 0 radical (unpaired) electrons. The molecule has 1 atom stereocenters. The molecule has 3 rings (SSSR count). The van der Waals surface area contributed by atoms with Gasteiger partial charge >= 0.3 is 5.97 Å². The van der Waals surface area contributed by atoms with Crippen LogP contribution in [-0.4, -0.2) is 73.5 Å². The SMILES string of the molecule is COc1cc2c(=O)[nH]cnc2cc1OC[C@@H](CN1CCOCC1)OC(C)=O. The van der Waals surface area contributed by atoms with E-state index in [-0.39, 0.29) is 18.1 Å². The Morgan fingerprint density at radius 1 is 1.33 bits per heavy atom.